The van der Waals surface area contributed by atoms with Crippen molar-refractivity contribution in [2.75, 3.05) is 23.7 Å². The molecule has 194 valence electrons. The molecule has 1 saturated carbocycles. The molecule has 2 aliphatic rings. The van der Waals surface area contributed by atoms with E-state index in [-0.39, 0.29) is 30.5 Å². The highest BCUT2D eigenvalue weighted by Gasteiger charge is 2.52. The van der Waals surface area contributed by atoms with E-state index >= 15 is 0 Å². The molecule has 0 atom stereocenters. The molecule has 1 aliphatic carbocycles. The van der Waals surface area contributed by atoms with Crippen LogP contribution in [0.25, 0.3) is 0 Å². The number of hydrogen-bond acceptors (Lipinski definition) is 6. The quantitative estimate of drug-likeness (QED) is 0.449. The Morgan fingerprint density at radius 1 is 1.17 bits per heavy atom. The number of hydrogen-bond donors (Lipinski definition) is 3. The number of carbonyl (C=O) groups is 3. The van der Waals surface area contributed by atoms with Crippen molar-refractivity contribution in [3.8, 4) is 0 Å². The molecule has 3 rings (SSSR count). The summed E-state index contributed by atoms with van der Waals surface area (Å²) in [7, 11) is 0. The lowest BCUT2D eigenvalue weighted by Gasteiger charge is -2.34. The lowest BCUT2D eigenvalue weighted by atomic mass is 9.75. The first-order valence-corrected chi connectivity index (χ1v) is 12.6. The van der Waals surface area contributed by atoms with Crippen molar-refractivity contribution in [2.24, 2.45) is 11.8 Å². The molecule has 1 saturated heterocycles. The highest BCUT2D eigenvalue weighted by atomic mass is 16.2. The third-order valence-corrected chi connectivity index (χ3v) is 7.14. The van der Waals surface area contributed by atoms with Crippen LogP contribution in [0.1, 0.15) is 72.6 Å². The van der Waals surface area contributed by atoms with Crippen LogP contribution < -0.4 is 27.2 Å². The smallest absolute Gasteiger partial charge is 0.330 e. The lowest BCUT2D eigenvalue weighted by molar-refractivity contribution is -0.135. The standard InChI is InChI=1S/C24H38N6O5/c1-5-7-12-28(18-19(25)29(13-15(3)4)22(34)26-20(18)32)17(31)14-30-21(33)24(27-23(30)35)10-8-16(6-2)9-11-24/h15-16H,5-14,25H2,1-4H3,(H,27,35)(H,26,32,34). The second-order valence-corrected chi connectivity index (χ2v) is 10.2. The molecule has 11 nitrogen and oxygen atoms in total. The molecule has 4 N–H and O–H groups in total. The number of imide groups is 1. The van der Waals surface area contributed by atoms with Crippen molar-refractivity contribution in [3.63, 3.8) is 0 Å². The summed E-state index contributed by atoms with van der Waals surface area (Å²) in [5.74, 6) is -0.510. The molecule has 2 heterocycles. The number of urea groups is 1. The number of unbranched alkanes of at least 4 members (excludes halogenated alkanes) is 1. The summed E-state index contributed by atoms with van der Waals surface area (Å²) in [5.41, 5.74) is 3.72. The van der Waals surface area contributed by atoms with Crippen LogP contribution in [0.15, 0.2) is 9.59 Å². The fraction of sp³-hybridized carbons (Fsp3) is 0.708. The lowest BCUT2D eigenvalue weighted by Crippen LogP contribution is -2.50. The van der Waals surface area contributed by atoms with Crippen LogP contribution >= 0.6 is 0 Å². The Labute approximate surface area is 205 Å². The molecule has 0 unspecified atom stereocenters. The van der Waals surface area contributed by atoms with Gasteiger partial charge in [0, 0.05) is 13.1 Å². The van der Waals surface area contributed by atoms with Crippen LogP contribution in [0, 0.1) is 11.8 Å². The molecule has 1 aliphatic heterocycles. The third-order valence-electron chi connectivity index (χ3n) is 7.14. The van der Waals surface area contributed by atoms with Crippen molar-refractivity contribution < 1.29 is 14.4 Å². The maximum absolute atomic E-state index is 13.4. The van der Waals surface area contributed by atoms with E-state index in [2.05, 4.69) is 17.2 Å². The predicted molar refractivity (Wildman–Crippen MR) is 133 cm³/mol. The van der Waals surface area contributed by atoms with Crippen LogP contribution in [-0.4, -0.2) is 50.9 Å². The summed E-state index contributed by atoms with van der Waals surface area (Å²) in [6, 6.07) is -0.597. The molecule has 1 spiro atoms. The fourth-order valence-corrected chi connectivity index (χ4v) is 5.02. The number of nitrogen functional groups attached to an aromatic ring is 1. The van der Waals surface area contributed by atoms with Crippen LogP contribution in [0.5, 0.6) is 0 Å². The minimum absolute atomic E-state index is 0.0680. The van der Waals surface area contributed by atoms with Gasteiger partial charge in [0.2, 0.25) is 5.91 Å². The van der Waals surface area contributed by atoms with E-state index < -0.39 is 41.2 Å². The highest BCUT2D eigenvalue weighted by Crippen LogP contribution is 2.37. The molecule has 0 radical (unpaired) electrons. The molecule has 1 aromatic rings. The van der Waals surface area contributed by atoms with E-state index in [1.807, 2.05) is 20.8 Å². The summed E-state index contributed by atoms with van der Waals surface area (Å²) >= 11 is 0. The van der Waals surface area contributed by atoms with Crippen molar-refractivity contribution in [1.29, 1.82) is 0 Å². The molecule has 35 heavy (non-hydrogen) atoms. The monoisotopic (exact) mass is 490 g/mol. The third kappa shape index (κ3) is 5.28. The SMILES string of the molecule is CCCCN(C(=O)CN1C(=O)NC2(CCC(CC)CC2)C1=O)c1c(N)n(CC(C)C)c(=O)[nH]c1=O. The normalized spacial score (nSPS) is 22.2. The summed E-state index contributed by atoms with van der Waals surface area (Å²) < 4.78 is 1.24. The van der Waals surface area contributed by atoms with E-state index in [9.17, 15) is 24.0 Å². The summed E-state index contributed by atoms with van der Waals surface area (Å²) in [4.78, 5) is 69.0. The van der Waals surface area contributed by atoms with Gasteiger partial charge in [0.25, 0.3) is 11.5 Å². The number of nitrogens with two attached hydrogens (primary N) is 1. The summed E-state index contributed by atoms with van der Waals surface area (Å²) in [6.07, 6.45) is 5.11. The molecule has 4 amide bonds. The van der Waals surface area contributed by atoms with Gasteiger partial charge < -0.3 is 16.0 Å². The van der Waals surface area contributed by atoms with E-state index in [1.54, 1.807) is 0 Å². The Morgan fingerprint density at radius 3 is 2.40 bits per heavy atom. The number of carbonyl (C=O) groups excluding carboxylic acids is 3. The predicted octanol–water partition coefficient (Wildman–Crippen LogP) is 1.80. The fourth-order valence-electron chi connectivity index (χ4n) is 5.02. The van der Waals surface area contributed by atoms with E-state index in [0.717, 1.165) is 30.6 Å². The topological polar surface area (TPSA) is 151 Å². The Morgan fingerprint density at radius 2 is 1.83 bits per heavy atom. The van der Waals surface area contributed by atoms with Crippen molar-refractivity contribution in [2.45, 2.75) is 84.7 Å². The number of rotatable bonds is 9. The van der Waals surface area contributed by atoms with Gasteiger partial charge in [-0.05, 0) is 43.9 Å². The van der Waals surface area contributed by atoms with Gasteiger partial charge in [0.1, 0.15) is 17.9 Å². The number of nitrogens with zero attached hydrogens (tertiary/aromatic N) is 3. The van der Waals surface area contributed by atoms with Gasteiger partial charge in [0.05, 0.1) is 0 Å². The zero-order chi connectivity index (χ0) is 25.9. The van der Waals surface area contributed by atoms with Gasteiger partial charge in [-0.2, -0.15) is 0 Å². The average Bonchev–Trinajstić information content (AvgIpc) is 3.02. The summed E-state index contributed by atoms with van der Waals surface area (Å²) in [6.45, 7) is 7.77. The molecule has 0 bridgehead atoms. The zero-order valence-corrected chi connectivity index (χ0v) is 21.2. The minimum atomic E-state index is -0.960. The molecule has 11 heteroatoms. The Balaban J connectivity index is 1.90. The Hall–Kier alpha value is -3.11. The Bertz CT molecular complexity index is 1080. The van der Waals surface area contributed by atoms with E-state index in [1.165, 1.54) is 9.47 Å². The first-order valence-electron chi connectivity index (χ1n) is 12.6. The minimum Gasteiger partial charge on any atom is -0.383 e. The first-order chi connectivity index (χ1) is 16.5. The van der Waals surface area contributed by atoms with E-state index in [4.69, 9.17) is 5.73 Å². The molecule has 2 fully saturated rings. The Kier molecular flexibility index (Phi) is 8.07. The van der Waals surface area contributed by atoms with Gasteiger partial charge in [-0.1, -0.05) is 40.5 Å². The molecular weight excluding hydrogens is 452 g/mol. The molecular formula is C24H38N6O5. The second kappa shape index (κ2) is 10.7. The van der Waals surface area contributed by atoms with Gasteiger partial charge in [-0.3, -0.25) is 28.8 Å². The van der Waals surface area contributed by atoms with Gasteiger partial charge in [0.15, 0.2) is 5.69 Å². The maximum Gasteiger partial charge on any atom is 0.330 e. The maximum atomic E-state index is 13.4. The van der Waals surface area contributed by atoms with Crippen molar-refractivity contribution in [1.82, 2.24) is 19.8 Å². The zero-order valence-electron chi connectivity index (χ0n) is 21.2. The van der Waals surface area contributed by atoms with Crippen molar-refractivity contribution in [3.05, 3.63) is 20.8 Å². The van der Waals surface area contributed by atoms with E-state index in [0.29, 0.717) is 25.2 Å². The van der Waals surface area contributed by atoms with Gasteiger partial charge >= 0.3 is 11.7 Å². The number of aromatic nitrogens is 2. The van der Waals surface area contributed by atoms with Crippen LogP contribution in [0.3, 0.4) is 0 Å². The number of anilines is 2. The largest absolute Gasteiger partial charge is 0.383 e. The van der Waals surface area contributed by atoms with Crippen molar-refractivity contribution >= 4 is 29.4 Å². The van der Waals surface area contributed by atoms with Gasteiger partial charge in [-0.25, -0.2) is 9.59 Å². The number of H-pyrrole nitrogens is 1. The summed E-state index contributed by atoms with van der Waals surface area (Å²) in [5, 5.41) is 2.83. The second-order valence-electron chi connectivity index (χ2n) is 10.2. The van der Waals surface area contributed by atoms with Crippen LogP contribution in [-0.2, 0) is 16.1 Å². The number of aromatic amines is 1. The molecule has 0 aromatic carbocycles. The number of amides is 4. The van der Waals surface area contributed by atoms with Crippen LogP contribution in [0.4, 0.5) is 16.3 Å². The first kappa shape index (κ1) is 26.5. The number of nitrogens with one attached hydrogen (secondary N) is 2. The van der Waals surface area contributed by atoms with Crippen LogP contribution in [0.2, 0.25) is 0 Å². The van der Waals surface area contributed by atoms with Gasteiger partial charge in [-0.15, -0.1) is 0 Å². The highest BCUT2D eigenvalue weighted by molar-refractivity contribution is 6.10. The molecule has 1 aromatic heterocycles. The average molecular weight is 491 g/mol.